The molecule has 0 fully saturated rings. The molecule has 0 unspecified atom stereocenters. The molecule has 2 aromatic carbocycles. The number of carbonyl (C=O) groups is 8. The molecule has 0 atom stereocenters. The summed E-state index contributed by atoms with van der Waals surface area (Å²) in [6.45, 7) is 0.0618. The Hall–Kier alpha value is -9.70. The third-order valence-electron chi connectivity index (χ3n) is 10.9. The Bertz CT molecular complexity index is 3650. The van der Waals surface area contributed by atoms with Gasteiger partial charge in [0, 0.05) is 38.3 Å². The molecule has 7 N–H and O–H groups in total. The number of ether oxygens (including phenoxy) is 3. The Morgan fingerprint density at radius 1 is 0.627 bits per heavy atom. The van der Waals surface area contributed by atoms with Gasteiger partial charge in [-0.1, -0.05) is 12.1 Å². The van der Waals surface area contributed by atoms with Crippen molar-refractivity contribution in [1.82, 2.24) is 50.5 Å². The molecule has 0 spiro atoms. The topological polar surface area (TPSA) is 317 Å². The van der Waals surface area contributed by atoms with E-state index in [2.05, 4.69) is 56.8 Å². The van der Waals surface area contributed by atoms with Crippen LogP contribution in [0.4, 0.5) is 20.2 Å². The van der Waals surface area contributed by atoms with Gasteiger partial charge in [-0.05, 0) is 69.4 Å². The Balaban J connectivity index is 0.000000184. The number of hydrogen-bond acceptors (Lipinski definition) is 17. The number of nitrogens with one attached hydrogen (secondary N) is 6. The molecule has 2 aliphatic rings. The fourth-order valence-corrected chi connectivity index (χ4v) is 8.84. The van der Waals surface area contributed by atoms with Crippen LogP contribution in [0.25, 0.3) is 11.3 Å². The van der Waals surface area contributed by atoms with Crippen LogP contribution in [0.1, 0.15) is 83.6 Å². The molecule has 0 saturated heterocycles. The van der Waals surface area contributed by atoms with E-state index in [1.165, 1.54) is 36.6 Å². The molecule has 2 aliphatic heterocycles. The fraction of sp³-hybridized carbons (Fsp3) is 0.149. The number of esters is 1. The maximum Gasteiger partial charge on any atom is 0.348 e. The number of amides is 6. The van der Waals surface area contributed by atoms with E-state index in [1.54, 1.807) is 53.2 Å². The molecule has 0 saturated carbocycles. The number of carboxylic acid groups (broad SMARTS) is 1. The summed E-state index contributed by atoms with van der Waals surface area (Å²) >= 11 is 2.19. The summed E-state index contributed by atoms with van der Waals surface area (Å²) in [7, 11) is 1.27. The van der Waals surface area contributed by atoms with Crippen LogP contribution < -0.4 is 41.4 Å². The normalized spacial score (nSPS) is 12.4. The first-order valence-corrected chi connectivity index (χ1v) is 23.7. The standard InChI is InChI=1S/C24H19FN6O6S.C23H17FN6O6S/c1-36-24(35)19-5-13(11-38-19)8-27-23(34)17-6-16(30-21-14(25)9-28-31(17)21)22(33)26-7-12-2-3-18-15(4-12)29-20(32)10-37-18;24-13-8-27-30-16(22(33)26-7-12-4-18(23(34)35)37-10-12)5-15(29-20(13)30)21(32)25-6-11-1-2-17-14(3-11)28-19(31)9-36-17/h2-6,9,11H,7-8,10H2,1H3,(H,26,33)(H,27,34)(H,29,32);1-5,8,10H,6-7,9H2,(H,25,32)(H,26,33)(H,28,31)(H,34,35). The number of hydrogen-bond donors (Lipinski definition) is 7. The maximum absolute atomic E-state index is 14.3. The minimum absolute atomic E-state index is 0.0102. The summed E-state index contributed by atoms with van der Waals surface area (Å²) in [5.41, 5.74) is 2.25. The average Bonchev–Trinajstić information content (AvgIpc) is 4.25. The number of carboxylic acids is 1. The van der Waals surface area contributed by atoms with Gasteiger partial charge in [-0.3, -0.25) is 28.8 Å². The molecule has 75 heavy (non-hydrogen) atoms. The molecule has 8 heterocycles. The molecule has 10 rings (SSSR count). The van der Waals surface area contributed by atoms with Crippen LogP contribution in [0.5, 0.6) is 11.5 Å². The number of aromatic carboxylic acids is 1. The van der Waals surface area contributed by atoms with Crippen molar-refractivity contribution in [1.29, 1.82) is 0 Å². The van der Waals surface area contributed by atoms with Crippen LogP contribution >= 0.6 is 22.7 Å². The molecule has 6 amide bonds. The number of carbonyl (C=O) groups excluding carboxylic acids is 7. The molecular weight excluding hydrogens is 1030 g/mol. The lowest BCUT2D eigenvalue weighted by molar-refractivity contribution is -0.119. The first kappa shape index (κ1) is 50.2. The van der Waals surface area contributed by atoms with Crippen molar-refractivity contribution in [2.24, 2.45) is 0 Å². The number of rotatable bonds is 14. The zero-order valence-electron chi connectivity index (χ0n) is 38.5. The van der Waals surface area contributed by atoms with Gasteiger partial charge in [-0.25, -0.2) is 37.4 Å². The van der Waals surface area contributed by atoms with Crippen molar-refractivity contribution in [3.8, 4) is 11.5 Å². The van der Waals surface area contributed by atoms with Gasteiger partial charge in [-0.15, -0.1) is 22.7 Å². The van der Waals surface area contributed by atoms with Crippen LogP contribution in [-0.4, -0.2) is 102 Å². The fourth-order valence-electron chi connectivity index (χ4n) is 7.26. The number of halogens is 2. The molecule has 0 bridgehead atoms. The number of fused-ring (bicyclic) bond motifs is 4. The number of aromatic nitrogens is 6. The summed E-state index contributed by atoms with van der Waals surface area (Å²) in [5, 5.41) is 36.0. The predicted octanol–water partition coefficient (Wildman–Crippen LogP) is 3.73. The van der Waals surface area contributed by atoms with Gasteiger partial charge in [0.2, 0.25) is 0 Å². The zero-order chi connectivity index (χ0) is 52.9. The average molecular weight is 1060 g/mol. The molecule has 0 aliphatic carbocycles. The highest BCUT2D eigenvalue weighted by Gasteiger charge is 2.24. The molecule has 382 valence electrons. The monoisotopic (exact) mass is 1060 g/mol. The third kappa shape index (κ3) is 11.3. The SMILES string of the molecule is COC(=O)c1cc(CNC(=O)c2cc(C(=O)NCc3ccc4c(c3)NC(=O)CO4)nc3c(F)cnn23)cs1.O=C1COc2ccc(CNC(=O)c3cc(C(=O)NCc4csc(C(=O)O)c4)n4ncc(F)c4n3)cc2N1. The quantitative estimate of drug-likeness (QED) is 0.0763. The Kier molecular flexibility index (Phi) is 14.4. The molecule has 8 aromatic rings. The first-order chi connectivity index (χ1) is 36.1. The van der Waals surface area contributed by atoms with E-state index in [-0.39, 0.29) is 90.2 Å². The largest absolute Gasteiger partial charge is 0.482 e. The van der Waals surface area contributed by atoms with Crippen LogP contribution in [0.15, 0.2) is 83.8 Å². The second-order valence-electron chi connectivity index (χ2n) is 16.0. The van der Waals surface area contributed by atoms with Crippen molar-refractivity contribution in [3.05, 3.63) is 150 Å². The summed E-state index contributed by atoms with van der Waals surface area (Å²) < 4.78 is 45.9. The van der Waals surface area contributed by atoms with Gasteiger partial charge in [0.25, 0.3) is 35.4 Å². The van der Waals surface area contributed by atoms with Gasteiger partial charge in [-0.2, -0.15) is 10.2 Å². The molecular formula is C47H36F2N12O12S2. The molecule has 0 radical (unpaired) electrons. The van der Waals surface area contributed by atoms with Gasteiger partial charge in [0.1, 0.15) is 44.0 Å². The number of benzene rings is 2. The number of nitrogens with zero attached hydrogens (tertiary/aromatic N) is 6. The van der Waals surface area contributed by atoms with Gasteiger partial charge < -0.3 is 51.2 Å². The van der Waals surface area contributed by atoms with Crippen LogP contribution in [-0.2, 0) is 40.5 Å². The van der Waals surface area contributed by atoms with Crippen molar-refractivity contribution in [2.75, 3.05) is 31.0 Å². The van der Waals surface area contributed by atoms with Crippen molar-refractivity contribution in [3.63, 3.8) is 0 Å². The van der Waals surface area contributed by atoms with E-state index in [0.717, 1.165) is 32.8 Å². The zero-order valence-corrected chi connectivity index (χ0v) is 40.2. The van der Waals surface area contributed by atoms with E-state index < -0.39 is 47.2 Å². The Morgan fingerprint density at radius 3 is 1.49 bits per heavy atom. The van der Waals surface area contributed by atoms with Crippen molar-refractivity contribution < 1.29 is 66.5 Å². The minimum Gasteiger partial charge on any atom is -0.482 e. The number of anilines is 2. The van der Waals surface area contributed by atoms with Crippen LogP contribution in [0.2, 0.25) is 0 Å². The van der Waals surface area contributed by atoms with Crippen LogP contribution in [0.3, 0.4) is 0 Å². The second-order valence-corrected chi connectivity index (χ2v) is 17.8. The van der Waals surface area contributed by atoms with Crippen LogP contribution in [0, 0.1) is 11.6 Å². The smallest absolute Gasteiger partial charge is 0.348 e. The van der Waals surface area contributed by atoms with Gasteiger partial charge in [0.05, 0.1) is 30.9 Å². The van der Waals surface area contributed by atoms with E-state index in [0.29, 0.717) is 50.0 Å². The molecule has 6 aromatic heterocycles. The number of methoxy groups -OCH3 is 1. The predicted molar refractivity (Wildman–Crippen MR) is 259 cm³/mol. The molecule has 28 heteroatoms. The minimum atomic E-state index is -1.07. The van der Waals surface area contributed by atoms with Crippen molar-refractivity contribution in [2.45, 2.75) is 26.2 Å². The Morgan fingerprint density at radius 2 is 1.05 bits per heavy atom. The van der Waals surface area contributed by atoms with E-state index in [9.17, 15) is 47.1 Å². The highest BCUT2D eigenvalue weighted by atomic mass is 32.1. The summed E-state index contributed by atoms with van der Waals surface area (Å²) in [6.07, 6.45) is 1.77. The van der Waals surface area contributed by atoms with E-state index >= 15 is 0 Å². The van der Waals surface area contributed by atoms with Crippen molar-refractivity contribution >= 4 is 92.7 Å². The third-order valence-corrected chi connectivity index (χ3v) is 12.8. The highest BCUT2D eigenvalue weighted by Crippen LogP contribution is 2.30. The number of thiophene rings is 2. The first-order valence-electron chi connectivity index (χ1n) is 21.9. The summed E-state index contributed by atoms with van der Waals surface area (Å²) in [6, 6.07) is 15.5. The maximum atomic E-state index is 14.3. The lowest BCUT2D eigenvalue weighted by Crippen LogP contribution is -2.28. The lowest BCUT2D eigenvalue weighted by Gasteiger charge is -2.18. The molecule has 24 nitrogen and oxygen atoms in total. The second kappa shape index (κ2) is 21.6. The highest BCUT2D eigenvalue weighted by molar-refractivity contribution is 7.12. The van der Waals surface area contributed by atoms with Gasteiger partial charge in [0.15, 0.2) is 36.1 Å². The van der Waals surface area contributed by atoms with E-state index in [1.807, 2.05) is 0 Å². The summed E-state index contributed by atoms with van der Waals surface area (Å²) in [5.74, 6) is -5.36. The summed E-state index contributed by atoms with van der Waals surface area (Å²) in [4.78, 5) is 106. The lowest BCUT2D eigenvalue weighted by atomic mass is 10.1. The van der Waals surface area contributed by atoms with Gasteiger partial charge >= 0.3 is 11.9 Å². The Labute approximate surface area is 427 Å². The van der Waals surface area contributed by atoms with E-state index in [4.69, 9.17) is 14.6 Å².